The predicted octanol–water partition coefficient (Wildman–Crippen LogP) is 4.50. The van der Waals surface area contributed by atoms with Crippen molar-refractivity contribution in [1.29, 1.82) is 0 Å². The minimum absolute atomic E-state index is 0.0263. The standard InChI is InChI=1S/C26H26FN3O3S/c1-16(31)30-11-10-18-6-9-21(12-22(18)25(30)19-4-7-20(27)8-5-19)33-14-24-29-23(15-34-24)26(32)28-13-17-2-3-17/h4-9,12,15,17,25H,2-3,10-11,13-14H2,1H3,(H,28,32)/t25-/m0/s1. The van der Waals surface area contributed by atoms with Gasteiger partial charge in [0.2, 0.25) is 5.91 Å². The Bertz CT molecular complexity index is 1210. The Kier molecular flexibility index (Phi) is 6.32. The van der Waals surface area contributed by atoms with Crippen LogP contribution in [-0.4, -0.2) is 34.8 Å². The molecule has 2 aliphatic rings. The maximum Gasteiger partial charge on any atom is 0.270 e. The van der Waals surface area contributed by atoms with E-state index in [4.69, 9.17) is 4.74 Å². The average Bonchev–Trinajstić information content (AvgIpc) is 3.55. The normalized spacial score (nSPS) is 17.2. The molecule has 34 heavy (non-hydrogen) atoms. The van der Waals surface area contributed by atoms with Gasteiger partial charge in [0.05, 0.1) is 6.04 Å². The third kappa shape index (κ3) is 4.97. The van der Waals surface area contributed by atoms with Crippen molar-refractivity contribution in [1.82, 2.24) is 15.2 Å². The van der Waals surface area contributed by atoms with Gasteiger partial charge in [-0.1, -0.05) is 18.2 Å². The van der Waals surface area contributed by atoms with Crippen LogP contribution in [0, 0.1) is 11.7 Å². The van der Waals surface area contributed by atoms with E-state index in [0.29, 0.717) is 30.5 Å². The maximum atomic E-state index is 13.5. The highest BCUT2D eigenvalue weighted by Crippen LogP contribution is 2.37. The van der Waals surface area contributed by atoms with Crippen molar-refractivity contribution < 1.29 is 18.7 Å². The number of fused-ring (bicyclic) bond motifs is 1. The lowest BCUT2D eigenvalue weighted by Gasteiger charge is -2.37. The second-order valence-corrected chi connectivity index (χ2v) is 9.79. The fourth-order valence-electron chi connectivity index (χ4n) is 4.30. The highest BCUT2D eigenvalue weighted by molar-refractivity contribution is 7.09. The number of carbonyl (C=O) groups excluding carboxylic acids is 2. The van der Waals surface area contributed by atoms with Crippen LogP contribution in [0.2, 0.25) is 0 Å². The molecule has 8 heteroatoms. The van der Waals surface area contributed by atoms with E-state index in [9.17, 15) is 14.0 Å². The van der Waals surface area contributed by atoms with Gasteiger partial charge in [-0.15, -0.1) is 11.3 Å². The summed E-state index contributed by atoms with van der Waals surface area (Å²) in [5, 5.41) is 5.40. The van der Waals surface area contributed by atoms with Gasteiger partial charge in [0.1, 0.15) is 28.9 Å². The smallest absolute Gasteiger partial charge is 0.270 e. The lowest BCUT2D eigenvalue weighted by molar-refractivity contribution is -0.130. The van der Waals surface area contributed by atoms with E-state index in [-0.39, 0.29) is 30.3 Å². The quantitative estimate of drug-likeness (QED) is 0.542. The molecule has 1 saturated carbocycles. The summed E-state index contributed by atoms with van der Waals surface area (Å²) < 4.78 is 19.5. The molecule has 1 aliphatic heterocycles. The Balaban J connectivity index is 1.32. The van der Waals surface area contributed by atoms with Crippen LogP contribution >= 0.6 is 11.3 Å². The number of hydrogen-bond donors (Lipinski definition) is 1. The molecule has 0 bridgehead atoms. The minimum Gasteiger partial charge on any atom is -0.486 e. The predicted molar refractivity (Wildman–Crippen MR) is 127 cm³/mol. The van der Waals surface area contributed by atoms with E-state index >= 15 is 0 Å². The van der Waals surface area contributed by atoms with Crippen LogP contribution in [0.25, 0.3) is 0 Å². The van der Waals surface area contributed by atoms with E-state index in [0.717, 1.165) is 28.1 Å². The second-order valence-electron chi connectivity index (χ2n) is 8.85. The van der Waals surface area contributed by atoms with Crippen molar-refractivity contribution in [2.75, 3.05) is 13.1 Å². The van der Waals surface area contributed by atoms with Crippen molar-refractivity contribution in [3.8, 4) is 5.75 Å². The van der Waals surface area contributed by atoms with Gasteiger partial charge >= 0.3 is 0 Å². The van der Waals surface area contributed by atoms with Crippen molar-refractivity contribution in [2.24, 2.45) is 5.92 Å². The first-order chi connectivity index (χ1) is 16.5. The first kappa shape index (κ1) is 22.5. The van der Waals surface area contributed by atoms with E-state index < -0.39 is 0 Å². The van der Waals surface area contributed by atoms with E-state index in [2.05, 4.69) is 10.3 Å². The summed E-state index contributed by atoms with van der Waals surface area (Å²) in [5.41, 5.74) is 3.40. The van der Waals surface area contributed by atoms with Gasteiger partial charge in [0.25, 0.3) is 5.91 Å². The van der Waals surface area contributed by atoms with Gasteiger partial charge in [0.15, 0.2) is 0 Å². The Morgan fingerprint density at radius 2 is 2.00 bits per heavy atom. The van der Waals surface area contributed by atoms with Crippen LogP contribution in [0.3, 0.4) is 0 Å². The summed E-state index contributed by atoms with van der Waals surface area (Å²) in [6, 6.07) is 11.9. The number of benzene rings is 2. The lowest BCUT2D eigenvalue weighted by atomic mass is 9.88. The summed E-state index contributed by atoms with van der Waals surface area (Å²) in [4.78, 5) is 30.8. The van der Waals surface area contributed by atoms with Gasteiger partial charge in [-0.25, -0.2) is 9.37 Å². The van der Waals surface area contributed by atoms with Gasteiger partial charge in [0, 0.05) is 25.4 Å². The van der Waals surface area contributed by atoms with Crippen molar-refractivity contribution in [2.45, 2.75) is 38.8 Å². The summed E-state index contributed by atoms with van der Waals surface area (Å²) in [5.74, 6) is 0.796. The van der Waals surface area contributed by atoms with Crippen molar-refractivity contribution in [3.05, 3.63) is 81.1 Å². The monoisotopic (exact) mass is 479 g/mol. The van der Waals surface area contributed by atoms with E-state index in [1.54, 1.807) is 24.4 Å². The van der Waals surface area contributed by atoms with Gasteiger partial charge in [-0.3, -0.25) is 9.59 Å². The topological polar surface area (TPSA) is 71.5 Å². The van der Waals surface area contributed by atoms with E-state index in [1.165, 1.54) is 36.3 Å². The maximum absolute atomic E-state index is 13.5. The van der Waals surface area contributed by atoms with Gasteiger partial charge < -0.3 is 15.0 Å². The molecule has 2 heterocycles. The lowest BCUT2D eigenvalue weighted by Crippen LogP contribution is -2.39. The zero-order valence-electron chi connectivity index (χ0n) is 18.9. The number of rotatable bonds is 7. The van der Waals surface area contributed by atoms with Crippen LogP contribution in [0.1, 0.15) is 58.0 Å². The molecule has 6 nitrogen and oxygen atoms in total. The van der Waals surface area contributed by atoms with Crippen molar-refractivity contribution >= 4 is 23.2 Å². The Morgan fingerprint density at radius 3 is 2.74 bits per heavy atom. The van der Waals surface area contributed by atoms with Crippen LogP contribution in [-0.2, 0) is 17.8 Å². The number of carbonyl (C=O) groups is 2. The average molecular weight is 480 g/mol. The zero-order chi connectivity index (χ0) is 23.7. The molecule has 176 valence electrons. The SMILES string of the molecule is CC(=O)N1CCc2ccc(OCc3nc(C(=O)NCC4CC4)cs3)cc2[C@@H]1c1ccc(F)cc1. The molecule has 1 aromatic heterocycles. The molecule has 2 amide bonds. The van der Waals surface area contributed by atoms with Crippen LogP contribution in [0.4, 0.5) is 4.39 Å². The zero-order valence-corrected chi connectivity index (χ0v) is 19.7. The Labute approximate surface area is 201 Å². The number of hydrogen-bond acceptors (Lipinski definition) is 5. The Morgan fingerprint density at radius 1 is 1.21 bits per heavy atom. The summed E-state index contributed by atoms with van der Waals surface area (Å²) in [7, 11) is 0. The minimum atomic E-state index is -0.310. The number of thiazole rings is 1. The molecule has 2 aromatic carbocycles. The molecule has 0 unspecified atom stereocenters. The molecule has 3 aromatic rings. The highest BCUT2D eigenvalue weighted by Gasteiger charge is 2.31. The molecule has 1 aliphatic carbocycles. The molecule has 0 radical (unpaired) electrons. The summed E-state index contributed by atoms with van der Waals surface area (Å²) in [6.45, 7) is 3.12. The molecular weight excluding hydrogens is 453 g/mol. The van der Waals surface area contributed by atoms with Crippen molar-refractivity contribution in [3.63, 3.8) is 0 Å². The third-order valence-corrected chi connectivity index (χ3v) is 7.15. The fourth-order valence-corrected chi connectivity index (χ4v) is 4.99. The Hall–Kier alpha value is -3.26. The number of nitrogens with zero attached hydrogens (tertiary/aromatic N) is 2. The molecule has 1 N–H and O–H groups in total. The molecule has 1 fully saturated rings. The third-order valence-electron chi connectivity index (χ3n) is 6.33. The van der Waals surface area contributed by atoms with E-state index in [1.807, 2.05) is 23.1 Å². The number of ether oxygens (including phenoxy) is 1. The van der Waals surface area contributed by atoms with Crippen LogP contribution in [0.5, 0.6) is 5.75 Å². The van der Waals surface area contributed by atoms with Gasteiger partial charge in [-0.2, -0.15) is 0 Å². The number of amides is 2. The highest BCUT2D eigenvalue weighted by atomic mass is 32.1. The molecule has 0 saturated heterocycles. The summed E-state index contributed by atoms with van der Waals surface area (Å²) in [6.07, 6.45) is 3.12. The first-order valence-corrected chi connectivity index (χ1v) is 12.4. The molecule has 5 rings (SSSR count). The summed E-state index contributed by atoms with van der Waals surface area (Å²) >= 11 is 1.39. The molecular formula is C26H26FN3O3S. The largest absolute Gasteiger partial charge is 0.486 e. The number of nitrogens with one attached hydrogen (secondary N) is 1. The molecule has 1 atom stereocenters. The van der Waals surface area contributed by atoms with Crippen LogP contribution in [0.15, 0.2) is 47.8 Å². The number of halogens is 1. The second kappa shape index (κ2) is 9.54. The number of aromatic nitrogens is 1. The fraction of sp³-hybridized carbons (Fsp3) is 0.346. The van der Waals surface area contributed by atoms with Crippen LogP contribution < -0.4 is 10.1 Å². The van der Waals surface area contributed by atoms with Gasteiger partial charge in [-0.05, 0) is 66.1 Å². The first-order valence-electron chi connectivity index (χ1n) is 11.5. The molecule has 0 spiro atoms.